The summed E-state index contributed by atoms with van der Waals surface area (Å²) in [6.45, 7) is 0. The van der Waals surface area contributed by atoms with Crippen molar-refractivity contribution in [2.75, 3.05) is 0 Å². The zero-order valence-corrected chi connectivity index (χ0v) is 13.3. The molecule has 0 amide bonds. The monoisotopic (exact) mass is 372 g/mol. The minimum absolute atomic E-state index is 0.104. The fourth-order valence-electron chi connectivity index (χ4n) is 1.63. The van der Waals surface area contributed by atoms with Gasteiger partial charge in [-0.25, -0.2) is 4.79 Å². The lowest BCUT2D eigenvalue weighted by Crippen LogP contribution is -2.02. The molecule has 0 bridgehead atoms. The summed E-state index contributed by atoms with van der Waals surface area (Å²) in [5.74, 6) is -0.736. The lowest BCUT2D eigenvalue weighted by atomic mass is 10.2. The van der Waals surface area contributed by atoms with Gasteiger partial charge in [0.2, 0.25) is 0 Å². The number of aromatic carboxylic acids is 1. The van der Waals surface area contributed by atoms with Crippen LogP contribution in [0.3, 0.4) is 0 Å². The van der Waals surface area contributed by atoms with Gasteiger partial charge in [-0.05, 0) is 51.8 Å². The van der Waals surface area contributed by atoms with E-state index in [1.54, 1.807) is 36.4 Å². The maximum absolute atomic E-state index is 12.3. The number of benzene rings is 2. The van der Waals surface area contributed by atoms with Crippen LogP contribution in [0.1, 0.15) is 15.9 Å². The van der Waals surface area contributed by atoms with E-state index in [2.05, 4.69) is 15.9 Å². The number of halogens is 2. The van der Waals surface area contributed by atoms with Gasteiger partial charge in [0.25, 0.3) is 0 Å². The van der Waals surface area contributed by atoms with Crippen LogP contribution in [0.5, 0.6) is 0 Å². The normalized spacial score (nSPS) is 12.1. The Hall–Kier alpha value is -1.17. The van der Waals surface area contributed by atoms with E-state index in [1.165, 1.54) is 6.07 Å². The van der Waals surface area contributed by atoms with Gasteiger partial charge in [0.1, 0.15) is 0 Å². The molecular weight excluding hydrogens is 364 g/mol. The standard InChI is InChI=1S/C14H10BrClO3S/c15-13-6-5-11(7-12(13)14(17)18)20(19)8-9-1-3-10(16)4-2-9/h1-7H,8H2,(H,17,18). The molecule has 0 radical (unpaired) electrons. The number of hydrogen-bond acceptors (Lipinski definition) is 2. The van der Waals surface area contributed by atoms with Crippen molar-refractivity contribution in [2.45, 2.75) is 10.6 Å². The maximum Gasteiger partial charge on any atom is 0.336 e. The maximum atomic E-state index is 12.3. The van der Waals surface area contributed by atoms with Crippen molar-refractivity contribution in [3.05, 3.63) is 63.1 Å². The third-order valence-electron chi connectivity index (χ3n) is 2.64. The molecule has 1 unspecified atom stereocenters. The van der Waals surface area contributed by atoms with Crippen molar-refractivity contribution in [3.8, 4) is 0 Å². The Kier molecular flexibility index (Phi) is 4.96. The first-order valence-electron chi connectivity index (χ1n) is 5.63. The Morgan fingerprint density at radius 3 is 2.45 bits per heavy atom. The van der Waals surface area contributed by atoms with Gasteiger partial charge in [-0.1, -0.05) is 23.7 Å². The van der Waals surface area contributed by atoms with Crippen LogP contribution in [0.4, 0.5) is 0 Å². The average Bonchev–Trinajstić information content (AvgIpc) is 2.41. The van der Waals surface area contributed by atoms with Crippen LogP contribution in [0, 0.1) is 0 Å². The number of hydrogen-bond donors (Lipinski definition) is 1. The number of rotatable bonds is 4. The molecule has 0 heterocycles. The van der Waals surface area contributed by atoms with Gasteiger partial charge in [-0.15, -0.1) is 0 Å². The lowest BCUT2D eigenvalue weighted by Gasteiger charge is -2.05. The first kappa shape index (κ1) is 15.2. The zero-order valence-electron chi connectivity index (χ0n) is 10.2. The smallest absolute Gasteiger partial charge is 0.336 e. The quantitative estimate of drug-likeness (QED) is 0.877. The van der Waals surface area contributed by atoms with Crippen LogP contribution in [-0.4, -0.2) is 15.3 Å². The molecule has 0 spiro atoms. The molecule has 20 heavy (non-hydrogen) atoms. The minimum atomic E-state index is -1.30. The van der Waals surface area contributed by atoms with Gasteiger partial charge >= 0.3 is 5.97 Å². The van der Waals surface area contributed by atoms with Crippen LogP contribution in [0.15, 0.2) is 51.8 Å². The van der Waals surface area contributed by atoms with Crippen molar-refractivity contribution in [3.63, 3.8) is 0 Å². The number of carbonyl (C=O) groups is 1. The van der Waals surface area contributed by atoms with Crippen molar-refractivity contribution < 1.29 is 14.1 Å². The zero-order chi connectivity index (χ0) is 14.7. The highest BCUT2D eigenvalue weighted by Crippen LogP contribution is 2.22. The molecule has 0 aliphatic heterocycles. The van der Waals surface area contributed by atoms with Gasteiger partial charge in [0.15, 0.2) is 0 Å². The van der Waals surface area contributed by atoms with E-state index >= 15 is 0 Å². The van der Waals surface area contributed by atoms with Crippen molar-refractivity contribution in [1.29, 1.82) is 0 Å². The Labute approximate surface area is 132 Å². The van der Waals surface area contributed by atoms with E-state index < -0.39 is 16.8 Å². The second-order valence-corrected chi connectivity index (χ2v) is 6.81. The van der Waals surface area contributed by atoms with E-state index in [9.17, 15) is 9.00 Å². The van der Waals surface area contributed by atoms with E-state index in [4.69, 9.17) is 16.7 Å². The summed E-state index contributed by atoms with van der Waals surface area (Å²) in [4.78, 5) is 11.5. The Balaban J connectivity index is 2.23. The predicted octanol–water partition coefficient (Wildman–Crippen LogP) is 4.11. The molecule has 0 fully saturated rings. The van der Waals surface area contributed by atoms with E-state index in [-0.39, 0.29) is 5.56 Å². The first-order valence-corrected chi connectivity index (χ1v) is 8.12. The molecule has 0 aliphatic carbocycles. The molecule has 0 aliphatic rings. The van der Waals surface area contributed by atoms with E-state index in [0.717, 1.165) is 5.56 Å². The fourth-order valence-corrected chi connectivity index (χ4v) is 3.30. The molecule has 0 aromatic heterocycles. The third-order valence-corrected chi connectivity index (χ3v) is 4.96. The fraction of sp³-hybridized carbons (Fsp3) is 0.0714. The van der Waals surface area contributed by atoms with Crippen molar-refractivity contribution in [1.82, 2.24) is 0 Å². The van der Waals surface area contributed by atoms with Crippen LogP contribution in [0.25, 0.3) is 0 Å². The summed E-state index contributed by atoms with van der Waals surface area (Å²) in [5.41, 5.74) is 0.986. The summed E-state index contributed by atoms with van der Waals surface area (Å²) in [5, 5.41) is 9.67. The number of carboxylic acids is 1. The highest BCUT2D eigenvalue weighted by molar-refractivity contribution is 9.10. The lowest BCUT2D eigenvalue weighted by molar-refractivity contribution is 0.0695. The average molecular weight is 374 g/mol. The van der Waals surface area contributed by atoms with Crippen molar-refractivity contribution in [2.24, 2.45) is 0 Å². The van der Waals surface area contributed by atoms with Gasteiger partial charge in [0, 0.05) is 14.4 Å². The van der Waals surface area contributed by atoms with Gasteiger partial charge in [-0.2, -0.15) is 0 Å². The van der Waals surface area contributed by atoms with E-state index in [1.807, 2.05) is 0 Å². The highest BCUT2D eigenvalue weighted by atomic mass is 79.9. The van der Waals surface area contributed by atoms with Crippen LogP contribution in [-0.2, 0) is 16.6 Å². The molecule has 6 heteroatoms. The number of carboxylic acid groups (broad SMARTS) is 1. The second kappa shape index (κ2) is 6.52. The largest absolute Gasteiger partial charge is 0.478 e. The van der Waals surface area contributed by atoms with Crippen molar-refractivity contribution >= 4 is 44.3 Å². The Bertz CT molecular complexity index is 671. The summed E-state index contributed by atoms with van der Waals surface area (Å²) in [7, 11) is -1.30. The molecule has 1 N–H and O–H groups in total. The molecule has 0 saturated heterocycles. The molecule has 2 aromatic carbocycles. The minimum Gasteiger partial charge on any atom is -0.478 e. The Morgan fingerprint density at radius 1 is 1.20 bits per heavy atom. The molecule has 2 rings (SSSR count). The van der Waals surface area contributed by atoms with Gasteiger partial charge in [0.05, 0.1) is 22.1 Å². The molecule has 104 valence electrons. The summed E-state index contributed by atoms with van der Waals surface area (Å²) in [6, 6.07) is 11.8. The molecule has 3 nitrogen and oxygen atoms in total. The van der Waals surface area contributed by atoms with Gasteiger partial charge < -0.3 is 5.11 Å². The summed E-state index contributed by atoms with van der Waals surface area (Å²) < 4.78 is 12.7. The SMILES string of the molecule is O=C(O)c1cc(S(=O)Cc2ccc(Cl)cc2)ccc1Br. The summed E-state index contributed by atoms with van der Waals surface area (Å²) >= 11 is 8.95. The van der Waals surface area contributed by atoms with Crippen LogP contribution >= 0.6 is 27.5 Å². The second-order valence-electron chi connectivity index (χ2n) is 4.06. The van der Waals surface area contributed by atoms with Crippen LogP contribution in [0.2, 0.25) is 5.02 Å². The molecule has 2 aromatic rings. The van der Waals surface area contributed by atoms with E-state index in [0.29, 0.717) is 20.1 Å². The third kappa shape index (κ3) is 3.69. The first-order chi connectivity index (χ1) is 9.47. The van der Waals surface area contributed by atoms with Gasteiger partial charge in [-0.3, -0.25) is 4.21 Å². The topological polar surface area (TPSA) is 54.4 Å². The Morgan fingerprint density at radius 2 is 1.85 bits per heavy atom. The molecule has 0 saturated carbocycles. The van der Waals surface area contributed by atoms with Crippen LogP contribution < -0.4 is 0 Å². The molecule has 1 atom stereocenters. The molecular formula is C14H10BrClO3S. The summed E-state index contributed by atoms with van der Waals surface area (Å²) in [6.07, 6.45) is 0. The predicted molar refractivity (Wildman–Crippen MR) is 82.7 cm³/mol. The highest BCUT2D eigenvalue weighted by Gasteiger charge is 2.12.